The standard InChI is InChI=1S/C11H12Cl2N2O3S/c12-7-4-8(13)6-9(5-7)19(17,18)15-3-1-2-10(15)11(14)16/h4-6,10H,1-3H2,(H2,14,16). The zero-order chi connectivity index (χ0) is 14.2. The Morgan fingerprint density at radius 2 is 1.84 bits per heavy atom. The van der Waals surface area contributed by atoms with E-state index in [1.54, 1.807) is 0 Å². The van der Waals surface area contributed by atoms with Gasteiger partial charge in [-0.15, -0.1) is 0 Å². The number of carbonyl (C=O) groups is 1. The van der Waals surface area contributed by atoms with E-state index < -0.39 is 22.0 Å². The average Bonchev–Trinajstić information content (AvgIpc) is 2.76. The fourth-order valence-corrected chi connectivity index (χ4v) is 4.52. The highest BCUT2D eigenvalue weighted by molar-refractivity contribution is 7.89. The van der Waals surface area contributed by atoms with Crippen molar-refractivity contribution in [3.8, 4) is 0 Å². The van der Waals surface area contributed by atoms with E-state index in [0.29, 0.717) is 12.8 Å². The third kappa shape index (κ3) is 2.86. The number of hydrogen-bond acceptors (Lipinski definition) is 3. The molecule has 1 heterocycles. The molecular formula is C11H12Cl2N2O3S. The quantitative estimate of drug-likeness (QED) is 0.918. The molecule has 0 aromatic heterocycles. The number of amides is 1. The molecule has 0 bridgehead atoms. The van der Waals surface area contributed by atoms with Crippen LogP contribution in [0.15, 0.2) is 23.1 Å². The number of nitrogens with zero attached hydrogens (tertiary/aromatic N) is 1. The van der Waals surface area contributed by atoms with Crippen LogP contribution >= 0.6 is 23.2 Å². The van der Waals surface area contributed by atoms with E-state index >= 15 is 0 Å². The Morgan fingerprint density at radius 3 is 2.37 bits per heavy atom. The Bertz CT molecular complexity index is 598. The number of primary amides is 1. The van der Waals surface area contributed by atoms with Gasteiger partial charge in [0.05, 0.1) is 4.90 Å². The third-order valence-corrected chi connectivity index (χ3v) is 5.30. The van der Waals surface area contributed by atoms with Crippen molar-refractivity contribution in [1.29, 1.82) is 0 Å². The molecule has 1 aromatic rings. The summed E-state index contributed by atoms with van der Waals surface area (Å²) in [4.78, 5) is 11.3. The fourth-order valence-electron chi connectivity index (χ4n) is 2.13. The Labute approximate surface area is 121 Å². The highest BCUT2D eigenvalue weighted by atomic mass is 35.5. The Morgan fingerprint density at radius 1 is 1.26 bits per heavy atom. The van der Waals surface area contributed by atoms with Crippen molar-refractivity contribution < 1.29 is 13.2 Å². The first-order valence-corrected chi connectivity index (χ1v) is 7.79. The number of hydrogen-bond donors (Lipinski definition) is 1. The molecule has 19 heavy (non-hydrogen) atoms. The Hall–Kier alpha value is -0.820. The number of rotatable bonds is 3. The van der Waals surface area contributed by atoms with Crippen LogP contribution in [-0.2, 0) is 14.8 Å². The molecule has 0 aliphatic carbocycles. The van der Waals surface area contributed by atoms with Crippen LogP contribution in [-0.4, -0.2) is 31.2 Å². The Balaban J connectivity index is 2.44. The van der Waals surface area contributed by atoms with Crippen molar-refractivity contribution in [2.45, 2.75) is 23.8 Å². The van der Waals surface area contributed by atoms with Gasteiger partial charge in [-0.25, -0.2) is 8.42 Å². The SMILES string of the molecule is NC(=O)C1CCCN1S(=O)(=O)c1cc(Cl)cc(Cl)c1. The summed E-state index contributed by atoms with van der Waals surface area (Å²) in [5.74, 6) is -0.644. The molecule has 0 radical (unpaired) electrons. The zero-order valence-corrected chi connectivity index (χ0v) is 12.2. The lowest BCUT2D eigenvalue weighted by molar-refractivity contribution is -0.121. The Kier molecular flexibility index (Phi) is 4.06. The highest BCUT2D eigenvalue weighted by Gasteiger charge is 2.38. The topological polar surface area (TPSA) is 80.5 Å². The van der Waals surface area contributed by atoms with Crippen LogP contribution in [0.5, 0.6) is 0 Å². The third-order valence-electron chi connectivity index (χ3n) is 2.97. The lowest BCUT2D eigenvalue weighted by Gasteiger charge is -2.21. The molecule has 1 aliphatic rings. The molecule has 1 atom stereocenters. The number of nitrogens with two attached hydrogens (primary N) is 1. The second kappa shape index (κ2) is 5.28. The van der Waals surface area contributed by atoms with Crippen molar-refractivity contribution in [2.75, 3.05) is 6.54 Å². The highest BCUT2D eigenvalue weighted by Crippen LogP contribution is 2.29. The molecule has 5 nitrogen and oxygen atoms in total. The second-order valence-corrected chi connectivity index (χ2v) is 7.04. The second-order valence-electron chi connectivity index (χ2n) is 4.28. The summed E-state index contributed by atoms with van der Waals surface area (Å²) in [5, 5.41) is 0.446. The van der Waals surface area contributed by atoms with Crippen molar-refractivity contribution in [1.82, 2.24) is 4.31 Å². The van der Waals surface area contributed by atoms with E-state index in [1.165, 1.54) is 18.2 Å². The predicted octanol–water partition coefficient (Wildman–Crippen LogP) is 1.63. The number of halogens is 2. The van der Waals surface area contributed by atoms with E-state index in [4.69, 9.17) is 28.9 Å². The monoisotopic (exact) mass is 322 g/mol. The average molecular weight is 323 g/mol. The summed E-state index contributed by atoms with van der Waals surface area (Å²) >= 11 is 11.6. The maximum atomic E-state index is 12.5. The smallest absolute Gasteiger partial charge is 0.243 e. The van der Waals surface area contributed by atoms with Gasteiger partial charge in [-0.3, -0.25) is 4.79 Å². The molecule has 1 amide bonds. The maximum absolute atomic E-state index is 12.5. The van der Waals surface area contributed by atoms with Crippen molar-refractivity contribution >= 4 is 39.1 Å². The summed E-state index contributed by atoms with van der Waals surface area (Å²) < 4.78 is 26.0. The van der Waals surface area contributed by atoms with Crippen LogP contribution in [0.3, 0.4) is 0 Å². The summed E-state index contributed by atoms with van der Waals surface area (Å²) in [6, 6.07) is 3.25. The summed E-state index contributed by atoms with van der Waals surface area (Å²) in [6.07, 6.45) is 1.03. The van der Waals surface area contributed by atoms with Crippen LogP contribution in [0.4, 0.5) is 0 Å². The number of sulfonamides is 1. The molecule has 2 N–H and O–H groups in total. The van der Waals surface area contributed by atoms with Crippen LogP contribution in [0.1, 0.15) is 12.8 Å². The van der Waals surface area contributed by atoms with Gasteiger partial charge in [0.2, 0.25) is 15.9 Å². The minimum Gasteiger partial charge on any atom is -0.368 e. The van der Waals surface area contributed by atoms with Gasteiger partial charge in [0, 0.05) is 16.6 Å². The van der Waals surface area contributed by atoms with Gasteiger partial charge >= 0.3 is 0 Å². The van der Waals surface area contributed by atoms with Gasteiger partial charge in [0.15, 0.2) is 0 Å². The molecule has 1 aliphatic heterocycles. The molecule has 0 spiro atoms. The van der Waals surface area contributed by atoms with Gasteiger partial charge in [0.25, 0.3) is 0 Å². The van der Waals surface area contributed by atoms with Crippen LogP contribution < -0.4 is 5.73 Å². The van der Waals surface area contributed by atoms with E-state index in [1.807, 2.05) is 0 Å². The number of carbonyl (C=O) groups excluding carboxylic acids is 1. The van der Waals surface area contributed by atoms with E-state index in [0.717, 1.165) is 4.31 Å². The van der Waals surface area contributed by atoms with Gasteiger partial charge in [0.1, 0.15) is 6.04 Å². The molecular weight excluding hydrogens is 311 g/mol. The van der Waals surface area contributed by atoms with Crippen LogP contribution in [0.2, 0.25) is 10.0 Å². The van der Waals surface area contributed by atoms with Gasteiger partial charge in [-0.2, -0.15) is 4.31 Å². The molecule has 104 valence electrons. The first-order chi connectivity index (χ1) is 8.82. The van der Waals surface area contributed by atoms with Crippen molar-refractivity contribution in [3.63, 3.8) is 0 Å². The zero-order valence-electron chi connectivity index (χ0n) is 9.84. The van der Waals surface area contributed by atoms with E-state index in [-0.39, 0.29) is 21.5 Å². The van der Waals surface area contributed by atoms with Crippen molar-refractivity contribution in [2.24, 2.45) is 5.73 Å². The molecule has 1 unspecified atom stereocenters. The number of benzene rings is 1. The summed E-state index contributed by atoms with van der Waals surface area (Å²) in [6.45, 7) is 0.264. The minimum absolute atomic E-state index is 0.0295. The van der Waals surface area contributed by atoms with Gasteiger partial charge in [-0.05, 0) is 31.0 Å². The van der Waals surface area contributed by atoms with E-state index in [2.05, 4.69) is 0 Å². The molecule has 2 rings (SSSR count). The summed E-state index contributed by atoms with van der Waals surface area (Å²) in [5.41, 5.74) is 5.23. The maximum Gasteiger partial charge on any atom is 0.243 e. The molecule has 1 fully saturated rings. The summed E-state index contributed by atoms with van der Waals surface area (Å²) in [7, 11) is -3.81. The molecule has 1 saturated heterocycles. The largest absolute Gasteiger partial charge is 0.368 e. The van der Waals surface area contributed by atoms with Gasteiger partial charge < -0.3 is 5.73 Å². The van der Waals surface area contributed by atoms with Crippen LogP contribution in [0, 0.1) is 0 Å². The van der Waals surface area contributed by atoms with Crippen LogP contribution in [0.25, 0.3) is 0 Å². The normalized spacial score (nSPS) is 20.6. The predicted molar refractivity (Wildman–Crippen MR) is 72.6 cm³/mol. The molecule has 8 heteroatoms. The van der Waals surface area contributed by atoms with Gasteiger partial charge in [-0.1, -0.05) is 23.2 Å². The van der Waals surface area contributed by atoms with E-state index in [9.17, 15) is 13.2 Å². The lowest BCUT2D eigenvalue weighted by atomic mass is 10.2. The minimum atomic E-state index is -3.81. The first-order valence-electron chi connectivity index (χ1n) is 5.59. The lowest BCUT2D eigenvalue weighted by Crippen LogP contribution is -2.43. The fraction of sp³-hybridized carbons (Fsp3) is 0.364. The molecule has 1 aromatic carbocycles. The first kappa shape index (κ1) is 14.6. The van der Waals surface area contributed by atoms with Crippen molar-refractivity contribution in [3.05, 3.63) is 28.2 Å². The molecule has 0 saturated carbocycles.